The summed E-state index contributed by atoms with van der Waals surface area (Å²) in [6.07, 6.45) is 3.60. The van der Waals surface area contributed by atoms with Crippen LogP contribution in [-0.2, 0) is 15.1 Å². The highest BCUT2D eigenvalue weighted by molar-refractivity contribution is 5.94. The van der Waals surface area contributed by atoms with E-state index in [2.05, 4.69) is 9.97 Å². The molecule has 2 aromatic rings. The van der Waals surface area contributed by atoms with Gasteiger partial charge in [0.05, 0.1) is 6.54 Å². The van der Waals surface area contributed by atoms with Crippen LogP contribution < -0.4 is 4.74 Å². The van der Waals surface area contributed by atoms with E-state index >= 15 is 0 Å². The highest BCUT2D eigenvalue weighted by Gasteiger charge is 2.53. The number of carbonyl (C=O) groups excluding carboxylic acids is 1. The number of nitrogens with zero attached hydrogens (tertiary/aromatic N) is 3. The molecule has 4 rings (SSSR count). The smallest absolute Gasteiger partial charge is 0.253 e. The number of benzene rings is 1. The predicted octanol–water partition coefficient (Wildman–Crippen LogP) is 3.03. The summed E-state index contributed by atoms with van der Waals surface area (Å²) in [6, 6.07) is 6.96. The SMILES string of the molecule is Cc1cc(C(=O)N2CC[C@]3(c4ncccn4)OCOC3C2)ccc1OCC(C)(C)F. The van der Waals surface area contributed by atoms with E-state index < -0.39 is 11.3 Å². The fourth-order valence-corrected chi connectivity index (χ4v) is 3.87. The number of ether oxygens (including phenoxy) is 3. The molecule has 0 saturated carbocycles. The van der Waals surface area contributed by atoms with Gasteiger partial charge in [0.1, 0.15) is 30.9 Å². The standard InChI is InChI=1S/C22H26FN3O4/c1-15-11-16(5-6-17(15)28-13-21(2,3)23)19(27)26-10-7-22(18(12-26)29-14-30-22)20-24-8-4-9-25-20/h4-6,8-9,11,18H,7,10,12-14H2,1-3H3/t18?,22-/m0/s1. The minimum atomic E-state index is -1.42. The number of carbonyl (C=O) groups is 1. The molecule has 160 valence electrons. The van der Waals surface area contributed by atoms with Crippen molar-refractivity contribution in [3.63, 3.8) is 0 Å². The van der Waals surface area contributed by atoms with Crippen molar-refractivity contribution in [2.45, 2.75) is 44.6 Å². The van der Waals surface area contributed by atoms with Crippen LogP contribution in [0.5, 0.6) is 5.75 Å². The lowest BCUT2D eigenvalue weighted by Gasteiger charge is -2.40. The Morgan fingerprint density at radius 3 is 2.83 bits per heavy atom. The lowest BCUT2D eigenvalue weighted by atomic mass is 9.87. The minimum Gasteiger partial charge on any atom is -0.490 e. The average Bonchev–Trinajstić information content (AvgIpc) is 3.16. The summed E-state index contributed by atoms with van der Waals surface area (Å²) in [7, 11) is 0. The second-order valence-corrected chi connectivity index (χ2v) is 8.37. The van der Waals surface area contributed by atoms with E-state index in [0.717, 1.165) is 5.56 Å². The molecular weight excluding hydrogens is 389 g/mol. The molecule has 2 fully saturated rings. The molecule has 0 bridgehead atoms. The highest BCUT2D eigenvalue weighted by atomic mass is 19.1. The lowest BCUT2D eigenvalue weighted by Crippen LogP contribution is -2.54. The number of hydrogen-bond acceptors (Lipinski definition) is 6. The van der Waals surface area contributed by atoms with Crippen LogP contribution in [0.2, 0.25) is 0 Å². The summed E-state index contributed by atoms with van der Waals surface area (Å²) in [5.41, 5.74) is -0.797. The van der Waals surface area contributed by atoms with Gasteiger partial charge in [0, 0.05) is 30.9 Å². The van der Waals surface area contributed by atoms with Gasteiger partial charge in [-0.25, -0.2) is 14.4 Å². The topological polar surface area (TPSA) is 73.8 Å². The van der Waals surface area contributed by atoms with E-state index in [1.165, 1.54) is 13.8 Å². The van der Waals surface area contributed by atoms with Crippen LogP contribution in [-0.4, -0.2) is 59.0 Å². The summed E-state index contributed by atoms with van der Waals surface area (Å²) >= 11 is 0. The number of alkyl halides is 1. The fourth-order valence-electron chi connectivity index (χ4n) is 3.87. The molecule has 1 unspecified atom stereocenters. The molecule has 2 atom stereocenters. The zero-order valence-corrected chi connectivity index (χ0v) is 17.4. The molecule has 2 aliphatic rings. The number of piperidine rings is 1. The fraction of sp³-hybridized carbons (Fsp3) is 0.500. The average molecular weight is 415 g/mol. The Hall–Kier alpha value is -2.58. The second-order valence-electron chi connectivity index (χ2n) is 8.37. The molecule has 3 heterocycles. The van der Waals surface area contributed by atoms with Crippen molar-refractivity contribution >= 4 is 5.91 Å². The molecule has 30 heavy (non-hydrogen) atoms. The zero-order valence-electron chi connectivity index (χ0n) is 17.4. The molecule has 2 saturated heterocycles. The van der Waals surface area contributed by atoms with E-state index in [9.17, 15) is 9.18 Å². The van der Waals surface area contributed by atoms with Gasteiger partial charge in [-0.3, -0.25) is 4.79 Å². The summed E-state index contributed by atoms with van der Waals surface area (Å²) in [5.74, 6) is 1.07. The first-order chi connectivity index (χ1) is 14.3. The van der Waals surface area contributed by atoms with Crippen molar-refractivity contribution in [2.24, 2.45) is 0 Å². The zero-order chi connectivity index (χ0) is 21.4. The van der Waals surface area contributed by atoms with Gasteiger partial charge >= 0.3 is 0 Å². The highest BCUT2D eigenvalue weighted by Crippen LogP contribution is 2.41. The molecule has 1 amide bonds. The Bertz CT molecular complexity index is 918. The Morgan fingerprint density at radius 1 is 1.37 bits per heavy atom. The number of halogens is 1. The van der Waals surface area contributed by atoms with Crippen LogP contribution in [0.15, 0.2) is 36.7 Å². The Labute approximate surface area is 175 Å². The van der Waals surface area contributed by atoms with E-state index in [4.69, 9.17) is 14.2 Å². The number of hydrogen-bond donors (Lipinski definition) is 0. The molecule has 2 aliphatic heterocycles. The molecule has 0 N–H and O–H groups in total. The second kappa shape index (κ2) is 7.92. The normalized spacial score (nSPS) is 23.9. The van der Waals surface area contributed by atoms with Gasteiger partial charge in [-0.1, -0.05) is 0 Å². The van der Waals surface area contributed by atoms with Gasteiger partial charge in [0.25, 0.3) is 5.91 Å². The molecule has 8 heteroatoms. The lowest BCUT2D eigenvalue weighted by molar-refractivity contribution is -0.0503. The first-order valence-electron chi connectivity index (χ1n) is 10.0. The van der Waals surface area contributed by atoms with Gasteiger partial charge in [-0.15, -0.1) is 0 Å². The van der Waals surface area contributed by atoms with Crippen LogP contribution in [0.3, 0.4) is 0 Å². The third kappa shape index (κ3) is 4.02. The number of aromatic nitrogens is 2. The van der Waals surface area contributed by atoms with Crippen LogP contribution >= 0.6 is 0 Å². The quantitative estimate of drug-likeness (QED) is 0.747. The molecule has 0 radical (unpaired) electrons. The van der Waals surface area contributed by atoms with Crippen molar-refractivity contribution in [3.8, 4) is 5.75 Å². The molecule has 0 spiro atoms. The maximum Gasteiger partial charge on any atom is 0.253 e. The largest absolute Gasteiger partial charge is 0.490 e. The first-order valence-corrected chi connectivity index (χ1v) is 10.0. The minimum absolute atomic E-state index is 0.0457. The third-order valence-electron chi connectivity index (χ3n) is 5.47. The van der Waals surface area contributed by atoms with Crippen molar-refractivity contribution < 1.29 is 23.4 Å². The third-order valence-corrected chi connectivity index (χ3v) is 5.47. The van der Waals surface area contributed by atoms with Gasteiger partial charge in [-0.2, -0.15) is 0 Å². The summed E-state index contributed by atoms with van der Waals surface area (Å²) in [4.78, 5) is 23.6. The van der Waals surface area contributed by atoms with E-state index in [1.807, 2.05) is 6.92 Å². The summed E-state index contributed by atoms with van der Waals surface area (Å²) in [6.45, 7) is 5.78. The molecule has 0 aliphatic carbocycles. The monoisotopic (exact) mass is 415 g/mol. The molecule has 1 aromatic carbocycles. The first kappa shape index (κ1) is 20.7. The van der Waals surface area contributed by atoms with E-state index in [-0.39, 0.29) is 25.4 Å². The van der Waals surface area contributed by atoms with E-state index in [0.29, 0.717) is 36.6 Å². The number of likely N-dealkylation sites (tertiary alicyclic amines) is 1. The Morgan fingerprint density at radius 2 is 2.13 bits per heavy atom. The molecular formula is C22H26FN3O4. The van der Waals surface area contributed by atoms with Crippen molar-refractivity contribution in [1.82, 2.24) is 14.9 Å². The van der Waals surface area contributed by atoms with Crippen LogP contribution in [0.4, 0.5) is 4.39 Å². The van der Waals surface area contributed by atoms with Gasteiger partial charge in [0.2, 0.25) is 0 Å². The van der Waals surface area contributed by atoms with E-state index in [1.54, 1.807) is 41.6 Å². The maximum absolute atomic E-state index is 13.7. The number of amides is 1. The van der Waals surface area contributed by atoms with Crippen LogP contribution in [0.25, 0.3) is 0 Å². The van der Waals surface area contributed by atoms with Gasteiger partial charge in [0.15, 0.2) is 11.4 Å². The summed E-state index contributed by atoms with van der Waals surface area (Å²) in [5, 5.41) is 0. The molecule has 1 aromatic heterocycles. The van der Waals surface area contributed by atoms with Crippen LogP contribution in [0.1, 0.15) is 42.0 Å². The summed E-state index contributed by atoms with van der Waals surface area (Å²) < 4.78 is 31.0. The number of aryl methyl sites for hydroxylation is 1. The van der Waals surface area contributed by atoms with Gasteiger partial charge in [-0.05, 0) is 50.6 Å². The van der Waals surface area contributed by atoms with Crippen molar-refractivity contribution in [2.75, 3.05) is 26.5 Å². The Balaban J connectivity index is 1.47. The maximum atomic E-state index is 13.7. The Kier molecular flexibility index (Phi) is 5.46. The van der Waals surface area contributed by atoms with Crippen molar-refractivity contribution in [3.05, 3.63) is 53.6 Å². The molecule has 7 nitrogen and oxygen atoms in total. The predicted molar refractivity (Wildman–Crippen MR) is 107 cm³/mol. The van der Waals surface area contributed by atoms with Crippen molar-refractivity contribution in [1.29, 1.82) is 0 Å². The van der Waals surface area contributed by atoms with Gasteiger partial charge < -0.3 is 19.1 Å². The van der Waals surface area contributed by atoms with Crippen LogP contribution in [0, 0.1) is 6.92 Å². The number of rotatable bonds is 5. The number of fused-ring (bicyclic) bond motifs is 1.